The standard InChI is InChI=1S/C15H19NO7/c1-20-13-8-7-12(11-14(13)21-2)5-3-9-22-15(17)6-4-10-23-16(18)19/h3,5,7-8,11H,4,6,9-10H2,1-2H3/b5-3+. The van der Waals surface area contributed by atoms with Gasteiger partial charge in [0.25, 0.3) is 5.09 Å². The number of hydrogen-bond donors (Lipinski definition) is 0. The average molecular weight is 325 g/mol. The first kappa shape index (κ1) is 18.3. The molecule has 1 aromatic carbocycles. The third-order valence-corrected chi connectivity index (χ3v) is 2.78. The van der Waals surface area contributed by atoms with E-state index in [-0.39, 0.29) is 26.1 Å². The molecule has 1 rings (SSSR count). The van der Waals surface area contributed by atoms with Gasteiger partial charge in [-0.2, -0.15) is 0 Å². The van der Waals surface area contributed by atoms with E-state index in [1.165, 1.54) is 0 Å². The molecule has 0 spiro atoms. The molecule has 0 unspecified atom stereocenters. The van der Waals surface area contributed by atoms with Crippen LogP contribution in [-0.2, 0) is 14.4 Å². The Bertz CT molecular complexity index is 557. The summed E-state index contributed by atoms with van der Waals surface area (Å²) in [5.74, 6) is 0.805. The molecule has 126 valence electrons. The highest BCUT2D eigenvalue weighted by atomic mass is 16.9. The summed E-state index contributed by atoms with van der Waals surface area (Å²) in [6.45, 7) is -0.00709. The molecular formula is C15H19NO7. The van der Waals surface area contributed by atoms with Crippen LogP contribution in [0.4, 0.5) is 0 Å². The molecule has 0 fully saturated rings. The van der Waals surface area contributed by atoms with Crippen molar-refractivity contribution in [3.05, 3.63) is 40.0 Å². The van der Waals surface area contributed by atoms with E-state index in [4.69, 9.17) is 14.2 Å². The lowest BCUT2D eigenvalue weighted by molar-refractivity contribution is -0.757. The molecule has 0 aliphatic rings. The minimum absolute atomic E-state index is 0.0675. The molecule has 0 amide bonds. The lowest BCUT2D eigenvalue weighted by Crippen LogP contribution is -2.08. The van der Waals surface area contributed by atoms with E-state index in [0.29, 0.717) is 11.5 Å². The van der Waals surface area contributed by atoms with E-state index in [0.717, 1.165) is 5.56 Å². The first-order chi connectivity index (χ1) is 11.1. The van der Waals surface area contributed by atoms with Crippen LogP contribution in [0.25, 0.3) is 6.08 Å². The monoisotopic (exact) mass is 325 g/mol. The van der Waals surface area contributed by atoms with Crippen molar-refractivity contribution in [3.8, 4) is 11.5 Å². The van der Waals surface area contributed by atoms with Gasteiger partial charge < -0.3 is 19.0 Å². The predicted octanol–water partition coefficient (Wildman–Crippen LogP) is 2.25. The summed E-state index contributed by atoms with van der Waals surface area (Å²) in [6, 6.07) is 5.42. The van der Waals surface area contributed by atoms with Crippen molar-refractivity contribution >= 4 is 12.0 Å². The summed E-state index contributed by atoms with van der Waals surface area (Å²) < 4.78 is 15.3. The number of benzene rings is 1. The highest BCUT2D eigenvalue weighted by molar-refractivity contribution is 5.69. The lowest BCUT2D eigenvalue weighted by Gasteiger charge is -2.07. The fourth-order valence-corrected chi connectivity index (χ4v) is 1.71. The van der Waals surface area contributed by atoms with Gasteiger partial charge in [-0.25, -0.2) is 0 Å². The maximum atomic E-state index is 11.4. The van der Waals surface area contributed by atoms with Crippen molar-refractivity contribution in [1.29, 1.82) is 0 Å². The van der Waals surface area contributed by atoms with Gasteiger partial charge in [0.15, 0.2) is 11.5 Å². The Balaban J connectivity index is 2.33. The Morgan fingerprint density at radius 2 is 2.00 bits per heavy atom. The fourth-order valence-electron chi connectivity index (χ4n) is 1.71. The molecule has 0 heterocycles. The van der Waals surface area contributed by atoms with E-state index in [9.17, 15) is 14.9 Å². The van der Waals surface area contributed by atoms with Crippen molar-refractivity contribution in [1.82, 2.24) is 0 Å². The van der Waals surface area contributed by atoms with Gasteiger partial charge in [0.2, 0.25) is 0 Å². The zero-order valence-corrected chi connectivity index (χ0v) is 13.0. The number of hydrogen-bond acceptors (Lipinski definition) is 7. The van der Waals surface area contributed by atoms with Crippen LogP contribution in [0.1, 0.15) is 18.4 Å². The summed E-state index contributed by atoms with van der Waals surface area (Å²) in [6.07, 6.45) is 3.77. The van der Waals surface area contributed by atoms with Crippen molar-refractivity contribution in [2.45, 2.75) is 12.8 Å². The molecule has 0 bridgehead atoms. The zero-order valence-electron chi connectivity index (χ0n) is 13.0. The molecule has 0 atom stereocenters. The van der Waals surface area contributed by atoms with Gasteiger partial charge in [0.05, 0.1) is 20.8 Å². The third-order valence-electron chi connectivity index (χ3n) is 2.78. The quantitative estimate of drug-likeness (QED) is 0.282. The molecule has 0 aliphatic heterocycles. The number of rotatable bonds is 10. The highest BCUT2D eigenvalue weighted by Gasteiger charge is 2.04. The number of carbonyl (C=O) groups is 1. The van der Waals surface area contributed by atoms with Crippen molar-refractivity contribution in [2.24, 2.45) is 0 Å². The predicted molar refractivity (Wildman–Crippen MR) is 81.7 cm³/mol. The number of methoxy groups -OCH3 is 2. The second-order valence-corrected chi connectivity index (χ2v) is 4.36. The number of esters is 1. The fraction of sp³-hybridized carbons (Fsp3) is 0.400. The number of nitrogens with zero attached hydrogens (tertiary/aromatic N) is 1. The molecule has 1 aromatic rings. The number of ether oxygens (including phenoxy) is 3. The third kappa shape index (κ3) is 7.16. The first-order valence-corrected chi connectivity index (χ1v) is 6.88. The van der Waals surface area contributed by atoms with Crippen LogP contribution >= 0.6 is 0 Å². The van der Waals surface area contributed by atoms with Gasteiger partial charge >= 0.3 is 5.97 Å². The summed E-state index contributed by atoms with van der Waals surface area (Å²) >= 11 is 0. The van der Waals surface area contributed by atoms with Crippen LogP contribution in [0.3, 0.4) is 0 Å². The van der Waals surface area contributed by atoms with E-state index < -0.39 is 11.1 Å². The average Bonchev–Trinajstić information content (AvgIpc) is 2.55. The largest absolute Gasteiger partial charge is 0.493 e. The Morgan fingerprint density at radius 3 is 2.65 bits per heavy atom. The molecule has 0 aliphatic carbocycles. The highest BCUT2D eigenvalue weighted by Crippen LogP contribution is 2.27. The Hall–Kier alpha value is -2.77. The van der Waals surface area contributed by atoms with E-state index in [1.807, 2.05) is 6.07 Å². The molecule has 0 radical (unpaired) electrons. The molecule has 0 aromatic heterocycles. The zero-order chi connectivity index (χ0) is 17.1. The molecule has 0 saturated heterocycles. The van der Waals surface area contributed by atoms with Crippen molar-refractivity contribution < 1.29 is 28.9 Å². The van der Waals surface area contributed by atoms with E-state index in [1.54, 1.807) is 38.5 Å². The Morgan fingerprint density at radius 1 is 1.26 bits per heavy atom. The normalized spacial score (nSPS) is 10.3. The molecule has 8 heteroatoms. The van der Waals surface area contributed by atoms with Crippen LogP contribution < -0.4 is 9.47 Å². The Labute approximate surface area is 133 Å². The van der Waals surface area contributed by atoms with Crippen LogP contribution in [0, 0.1) is 10.1 Å². The molecule has 0 N–H and O–H groups in total. The topological polar surface area (TPSA) is 97.1 Å². The maximum Gasteiger partial charge on any atom is 0.306 e. The van der Waals surface area contributed by atoms with Gasteiger partial charge in [-0.3, -0.25) is 4.79 Å². The molecule has 0 saturated carbocycles. The van der Waals surface area contributed by atoms with Gasteiger partial charge in [0.1, 0.15) is 6.61 Å². The summed E-state index contributed by atoms with van der Waals surface area (Å²) in [5.41, 5.74) is 0.873. The SMILES string of the molecule is COc1ccc(/C=C/COC(=O)CCCO[N+](=O)[O-])cc1OC. The molecule has 23 heavy (non-hydrogen) atoms. The minimum atomic E-state index is -0.892. The lowest BCUT2D eigenvalue weighted by atomic mass is 10.2. The van der Waals surface area contributed by atoms with E-state index in [2.05, 4.69) is 4.84 Å². The van der Waals surface area contributed by atoms with Crippen LogP contribution in [0.5, 0.6) is 11.5 Å². The summed E-state index contributed by atoms with van der Waals surface area (Å²) in [5, 5.41) is 9.03. The van der Waals surface area contributed by atoms with Gasteiger partial charge in [-0.1, -0.05) is 12.1 Å². The first-order valence-electron chi connectivity index (χ1n) is 6.88. The van der Waals surface area contributed by atoms with Crippen LogP contribution in [0.15, 0.2) is 24.3 Å². The van der Waals surface area contributed by atoms with Gasteiger partial charge in [-0.05, 0) is 30.2 Å². The van der Waals surface area contributed by atoms with Crippen LogP contribution in [0.2, 0.25) is 0 Å². The van der Waals surface area contributed by atoms with Gasteiger partial charge in [0, 0.05) is 6.42 Å². The second-order valence-electron chi connectivity index (χ2n) is 4.36. The van der Waals surface area contributed by atoms with Crippen LogP contribution in [-0.4, -0.2) is 38.5 Å². The summed E-state index contributed by atoms with van der Waals surface area (Å²) in [7, 11) is 3.11. The van der Waals surface area contributed by atoms with Gasteiger partial charge in [-0.15, -0.1) is 10.1 Å². The maximum absolute atomic E-state index is 11.4. The second kappa shape index (κ2) is 10.0. The Kier molecular flexibility index (Phi) is 7.98. The van der Waals surface area contributed by atoms with Crippen molar-refractivity contribution in [2.75, 3.05) is 27.4 Å². The smallest absolute Gasteiger partial charge is 0.306 e. The number of carbonyl (C=O) groups excluding carboxylic acids is 1. The molecular weight excluding hydrogens is 306 g/mol. The molecule has 8 nitrogen and oxygen atoms in total. The van der Waals surface area contributed by atoms with Crippen molar-refractivity contribution in [3.63, 3.8) is 0 Å². The minimum Gasteiger partial charge on any atom is -0.493 e. The van der Waals surface area contributed by atoms with E-state index >= 15 is 0 Å². The summed E-state index contributed by atoms with van der Waals surface area (Å²) in [4.78, 5) is 25.4.